The number of nitrogens with zero attached hydrogens (tertiary/aromatic N) is 6. The van der Waals surface area contributed by atoms with E-state index < -0.39 is 11.9 Å². The molecular weight excluding hydrogens is 415 g/mol. The Morgan fingerprint density at radius 3 is 2.44 bits per heavy atom. The first-order valence-corrected chi connectivity index (χ1v) is 9.57. The third kappa shape index (κ3) is 4.21. The van der Waals surface area contributed by atoms with Gasteiger partial charge in [-0.25, -0.2) is 4.98 Å². The van der Waals surface area contributed by atoms with E-state index >= 15 is 0 Å². The predicted molar refractivity (Wildman–Crippen MR) is 114 cm³/mol. The van der Waals surface area contributed by atoms with Crippen molar-refractivity contribution in [2.75, 3.05) is 5.32 Å². The molecule has 0 atom stereocenters. The molecule has 3 heterocycles. The van der Waals surface area contributed by atoms with Gasteiger partial charge in [0, 0.05) is 18.8 Å². The van der Waals surface area contributed by atoms with E-state index in [1.807, 2.05) is 31.2 Å². The van der Waals surface area contributed by atoms with Gasteiger partial charge in [-0.05, 0) is 30.2 Å². The van der Waals surface area contributed by atoms with Gasteiger partial charge in [0.2, 0.25) is 11.9 Å². The number of nitrogens with two attached hydrogens (primary N) is 1. The third-order valence-electron chi connectivity index (χ3n) is 4.85. The summed E-state index contributed by atoms with van der Waals surface area (Å²) < 4.78 is 16.0. The topological polar surface area (TPSA) is 134 Å². The fourth-order valence-corrected chi connectivity index (χ4v) is 3.32. The SMILES string of the molecule is Cc1nn(CC(=O)Nc2ccc(F)nn2)cc1-c1ccc(-c2cnc(C(N)=O)n2C)cc1. The second-order valence-electron chi connectivity index (χ2n) is 7.08. The molecule has 0 saturated heterocycles. The van der Waals surface area contributed by atoms with Crippen LogP contribution in [0, 0.1) is 12.9 Å². The summed E-state index contributed by atoms with van der Waals surface area (Å²) in [4.78, 5) is 27.7. The number of imidazole rings is 1. The van der Waals surface area contributed by atoms with Crippen LogP contribution in [-0.2, 0) is 18.4 Å². The van der Waals surface area contributed by atoms with Crippen LogP contribution in [0.3, 0.4) is 0 Å². The highest BCUT2D eigenvalue weighted by Crippen LogP contribution is 2.27. The van der Waals surface area contributed by atoms with Gasteiger partial charge < -0.3 is 15.6 Å². The number of hydrogen-bond donors (Lipinski definition) is 2. The molecule has 32 heavy (non-hydrogen) atoms. The normalized spacial score (nSPS) is 10.8. The van der Waals surface area contributed by atoms with E-state index in [1.165, 1.54) is 10.7 Å². The van der Waals surface area contributed by atoms with Crippen LogP contribution in [0.25, 0.3) is 22.4 Å². The lowest BCUT2D eigenvalue weighted by Gasteiger charge is -2.06. The van der Waals surface area contributed by atoms with Gasteiger partial charge in [-0.2, -0.15) is 9.49 Å². The summed E-state index contributed by atoms with van der Waals surface area (Å²) in [7, 11) is 1.73. The molecule has 4 aromatic rings. The maximum atomic E-state index is 12.8. The van der Waals surface area contributed by atoms with E-state index in [0.717, 1.165) is 34.1 Å². The molecule has 0 fully saturated rings. The highest BCUT2D eigenvalue weighted by atomic mass is 19.1. The van der Waals surface area contributed by atoms with Gasteiger partial charge >= 0.3 is 0 Å². The molecule has 0 saturated carbocycles. The number of hydrogen-bond acceptors (Lipinski definition) is 6. The van der Waals surface area contributed by atoms with Crippen molar-refractivity contribution in [1.29, 1.82) is 0 Å². The zero-order valence-corrected chi connectivity index (χ0v) is 17.3. The molecule has 0 aliphatic heterocycles. The van der Waals surface area contributed by atoms with Crippen molar-refractivity contribution in [3.05, 3.63) is 66.3 Å². The molecule has 0 unspecified atom stereocenters. The zero-order valence-electron chi connectivity index (χ0n) is 17.3. The Morgan fingerprint density at radius 1 is 1.09 bits per heavy atom. The van der Waals surface area contributed by atoms with Crippen LogP contribution < -0.4 is 11.1 Å². The van der Waals surface area contributed by atoms with Crippen molar-refractivity contribution in [3.63, 3.8) is 0 Å². The zero-order chi connectivity index (χ0) is 22.8. The molecule has 0 aliphatic rings. The number of primary amides is 1. The van der Waals surface area contributed by atoms with E-state index in [-0.39, 0.29) is 24.1 Å². The number of anilines is 1. The second-order valence-corrected chi connectivity index (χ2v) is 7.08. The first kappa shape index (κ1) is 20.8. The quantitative estimate of drug-likeness (QED) is 0.476. The molecule has 10 nitrogen and oxygen atoms in total. The van der Waals surface area contributed by atoms with Crippen LogP contribution in [0.15, 0.2) is 48.8 Å². The Bertz CT molecular complexity index is 1290. The number of aryl methyl sites for hydroxylation is 1. The Morgan fingerprint density at radius 2 is 1.81 bits per heavy atom. The molecule has 11 heteroatoms. The van der Waals surface area contributed by atoms with Gasteiger partial charge in [-0.3, -0.25) is 14.3 Å². The molecule has 162 valence electrons. The fourth-order valence-electron chi connectivity index (χ4n) is 3.32. The number of carbonyl (C=O) groups excluding carboxylic acids is 2. The lowest BCUT2D eigenvalue weighted by atomic mass is 10.0. The number of carbonyl (C=O) groups is 2. The average Bonchev–Trinajstić information content (AvgIpc) is 3.32. The smallest absolute Gasteiger partial charge is 0.284 e. The van der Waals surface area contributed by atoms with Crippen molar-refractivity contribution < 1.29 is 14.0 Å². The molecule has 0 aliphatic carbocycles. The lowest BCUT2D eigenvalue weighted by Crippen LogP contribution is -2.20. The predicted octanol–water partition coefficient (Wildman–Crippen LogP) is 1.93. The number of aromatic nitrogens is 6. The van der Waals surface area contributed by atoms with Gasteiger partial charge in [0.25, 0.3) is 5.91 Å². The third-order valence-corrected chi connectivity index (χ3v) is 4.85. The van der Waals surface area contributed by atoms with Crippen LogP contribution in [-0.4, -0.2) is 41.3 Å². The van der Waals surface area contributed by atoms with E-state index in [9.17, 15) is 14.0 Å². The summed E-state index contributed by atoms with van der Waals surface area (Å²) >= 11 is 0. The van der Waals surface area contributed by atoms with E-state index in [2.05, 4.69) is 25.6 Å². The molecule has 4 rings (SSSR count). The van der Waals surface area contributed by atoms with Crippen LogP contribution in [0.4, 0.5) is 10.2 Å². The monoisotopic (exact) mass is 434 g/mol. The van der Waals surface area contributed by atoms with Crippen LogP contribution >= 0.6 is 0 Å². The first-order valence-electron chi connectivity index (χ1n) is 9.57. The molecule has 0 radical (unpaired) electrons. The Balaban J connectivity index is 1.49. The van der Waals surface area contributed by atoms with Gasteiger partial charge in [0.05, 0.1) is 17.6 Å². The number of benzene rings is 1. The molecule has 0 bridgehead atoms. The summed E-state index contributed by atoms with van der Waals surface area (Å²) in [5.41, 5.74) is 9.50. The molecule has 1 aromatic carbocycles. The summed E-state index contributed by atoms with van der Waals surface area (Å²) in [6.07, 6.45) is 3.37. The Kier molecular flexibility index (Phi) is 5.46. The molecule has 3 aromatic heterocycles. The van der Waals surface area contributed by atoms with Gasteiger partial charge in [-0.1, -0.05) is 24.3 Å². The summed E-state index contributed by atoms with van der Waals surface area (Å²) in [5, 5.41) is 13.8. The van der Waals surface area contributed by atoms with Crippen molar-refractivity contribution >= 4 is 17.6 Å². The first-order chi connectivity index (χ1) is 15.3. The van der Waals surface area contributed by atoms with Crippen molar-refractivity contribution in [1.82, 2.24) is 29.5 Å². The van der Waals surface area contributed by atoms with Crippen LogP contribution in [0.5, 0.6) is 0 Å². The highest BCUT2D eigenvalue weighted by molar-refractivity contribution is 5.90. The van der Waals surface area contributed by atoms with Crippen LogP contribution in [0.2, 0.25) is 0 Å². The van der Waals surface area contributed by atoms with Gasteiger partial charge in [-0.15, -0.1) is 10.2 Å². The van der Waals surface area contributed by atoms with Crippen molar-refractivity contribution in [2.45, 2.75) is 13.5 Å². The molecule has 3 N–H and O–H groups in total. The Labute approximate surface area is 181 Å². The number of amides is 2. The maximum Gasteiger partial charge on any atom is 0.284 e. The fraction of sp³-hybridized carbons (Fsp3) is 0.143. The van der Waals surface area contributed by atoms with E-state index in [1.54, 1.807) is 24.0 Å². The van der Waals surface area contributed by atoms with E-state index in [0.29, 0.717) is 0 Å². The number of rotatable bonds is 6. The van der Waals surface area contributed by atoms with Gasteiger partial charge in [0.1, 0.15) is 6.54 Å². The van der Waals surface area contributed by atoms with Crippen molar-refractivity contribution in [2.24, 2.45) is 12.8 Å². The summed E-state index contributed by atoms with van der Waals surface area (Å²) in [6.45, 7) is 1.81. The van der Waals surface area contributed by atoms with Crippen molar-refractivity contribution in [3.8, 4) is 22.4 Å². The van der Waals surface area contributed by atoms with E-state index in [4.69, 9.17) is 5.73 Å². The Hall–Kier alpha value is -4.41. The van der Waals surface area contributed by atoms with Crippen LogP contribution in [0.1, 0.15) is 16.3 Å². The number of halogens is 1. The second kappa shape index (κ2) is 8.38. The molecule has 2 amide bonds. The standard InChI is InChI=1S/C21H19FN8O2/c1-12-15(10-30(28-12)11-19(31)25-18-8-7-17(22)26-27-18)13-3-5-14(6-4-13)16-9-24-21(20(23)32)29(16)2/h3-10H,11H2,1-2H3,(H2,23,32)(H,25,27,31). The van der Waals surface area contributed by atoms with Gasteiger partial charge in [0.15, 0.2) is 11.6 Å². The minimum Gasteiger partial charge on any atom is -0.363 e. The molecular formula is C21H19FN8O2. The minimum absolute atomic E-state index is 0.0388. The number of nitrogens with one attached hydrogen (secondary N) is 1. The minimum atomic E-state index is -0.724. The summed E-state index contributed by atoms with van der Waals surface area (Å²) in [5.74, 6) is -1.33. The lowest BCUT2D eigenvalue weighted by molar-refractivity contribution is -0.116. The average molecular weight is 434 g/mol. The maximum absolute atomic E-state index is 12.8. The summed E-state index contributed by atoms with van der Waals surface area (Å²) in [6, 6.07) is 10.1. The largest absolute Gasteiger partial charge is 0.363 e. The molecule has 0 spiro atoms. The highest BCUT2D eigenvalue weighted by Gasteiger charge is 2.14.